The molecule has 0 radical (unpaired) electrons. The second-order valence-corrected chi connectivity index (χ2v) is 15.0. The van der Waals surface area contributed by atoms with E-state index in [9.17, 15) is 41.9 Å². The quantitative estimate of drug-likeness (QED) is 0.327. The normalized spacial score (nSPS) is 30.0. The number of hydrogen-bond acceptors (Lipinski definition) is 6. The zero-order chi connectivity index (χ0) is 33.1. The van der Waals surface area contributed by atoms with Gasteiger partial charge in [0.2, 0.25) is 23.5 Å². The van der Waals surface area contributed by atoms with Gasteiger partial charge in [-0.05, 0) is 54.3 Å². The highest BCUT2D eigenvalue weighted by Crippen LogP contribution is 2.65. The van der Waals surface area contributed by atoms with Crippen molar-refractivity contribution in [3.05, 3.63) is 0 Å². The summed E-state index contributed by atoms with van der Waals surface area (Å²) in [7, 11) is 0. The molecule has 3 N–H and O–H groups in total. The Labute approximate surface area is 260 Å². The number of piperidine rings is 1. The molecule has 2 aliphatic carbocycles. The Morgan fingerprint density at radius 3 is 2.18 bits per heavy atom. The summed E-state index contributed by atoms with van der Waals surface area (Å²) in [5.41, 5.74) is -0.494. The van der Waals surface area contributed by atoms with Gasteiger partial charge in [-0.3, -0.25) is 28.8 Å². The van der Waals surface area contributed by atoms with Gasteiger partial charge in [-0.15, -0.1) is 0 Å². The van der Waals surface area contributed by atoms with Crippen LogP contribution in [0, 0.1) is 34.5 Å². The summed E-state index contributed by atoms with van der Waals surface area (Å²) in [4.78, 5) is 81.9. The SMILES string of the molecule is CC1(C)CN(C(=O)C(=O)[C@H](C[C@@H]2CCNC2=O)NC(=O)[C@@H]2[C@@H]3[C@H](CN2C(=O)[C@@H](NC(=O)C(F)(F)F)C2CCCCC2)C3(C)C)C1. The van der Waals surface area contributed by atoms with Crippen LogP contribution in [0.1, 0.15) is 72.6 Å². The highest BCUT2D eigenvalue weighted by Gasteiger charge is 2.70. The summed E-state index contributed by atoms with van der Waals surface area (Å²) in [5, 5.41) is 7.33. The van der Waals surface area contributed by atoms with Crippen molar-refractivity contribution in [1.82, 2.24) is 25.8 Å². The molecule has 0 aromatic rings. The molecule has 3 aliphatic heterocycles. The molecule has 0 spiro atoms. The minimum absolute atomic E-state index is 0.0934. The van der Waals surface area contributed by atoms with Crippen molar-refractivity contribution >= 4 is 35.3 Å². The first-order valence-electron chi connectivity index (χ1n) is 16.0. The molecular formula is C31H44F3N5O6. The Morgan fingerprint density at radius 2 is 1.62 bits per heavy atom. The van der Waals surface area contributed by atoms with Gasteiger partial charge in [0.05, 0.1) is 6.04 Å². The number of carbonyl (C=O) groups excluding carboxylic acids is 6. The van der Waals surface area contributed by atoms with Crippen molar-refractivity contribution in [3.63, 3.8) is 0 Å². The minimum atomic E-state index is -5.18. The lowest BCUT2D eigenvalue weighted by atomic mass is 9.83. The predicted molar refractivity (Wildman–Crippen MR) is 154 cm³/mol. The fourth-order valence-electron chi connectivity index (χ4n) is 8.14. The Kier molecular flexibility index (Phi) is 8.75. The lowest BCUT2D eigenvalue weighted by Gasteiger charge is -2.45. The third kappa shape index (κ3) is 6.56. The maximum Gasteiger partial charge on any atom is 0.471 e. The van der Waals surface area contributed by atoms with Crippen LogP contribution in [0.25, 0.3) is 0 Å². The summed E-state index contributed by atoms with van der Waals surface area (Å²) in [6, 6.07) is -3.89. The molecule has 5 amide bonds. The number of amides is 5. The fraction of sp³-hybridized carbons (Fsp3) is 0.806. The molecule has 0 unspecified atom stereocenters. The molecule has 5 rings (SSSR count). The number of ketones is 1. The number of fused-ring (bicyclic) bond motifs is 1. The van der Waals surface area contributed by atoms with E-state index < -0.39 is 65.5 Å². The highest BCUT2D eigenvalue weighted by molar-refractivity contribution is 6.38. The van der Waals surface area contributed by atoms with Crippen molar-refractivity contribution in [3.8, 4) is 0 Å². The zero-order valence-electron chi connectivity index (χ0n) is 26.3. The Balaban J connectivity index is 1.38. The summed E-state index contributed by atoms with van der Waals surface area (Å²) in [6.07, 6.45) is -1.63. The van der Waals surface area contributed by atoms with Crippen molar-refractivity contribution in [1.29, 1.82) is 0 Å². The molecule has 0 aromatic carbocycles. The van der Waals surface area contributed by atoms with E-state index in [0.29, 0.717) is 51.7 Å². The van der Waals surface area contributed by atoms with Crippen LogP contribution in [0.5, 0.6) is 0 Å². The number of Topliss-reactive ketones (excluding diaryl/α,β-unsaturated/α-hetero) is 1. The van der Waals surface area contributed by atoms with Crippen LogP contribution >= 0.6 is 0 Å². The van der Waals surface area contributed by atoms with Gasteiger partial charge in [-0.25, -0.2) is 0 Å². The van der Waals surface area contributed by atoms with Crippen LogP contribution < -0.4 is 16.0 Å². The fourth-order valence-corrected chi connectivity index (χ4v) is 8.14. The standard InChI is InChI=1S/C31H44F3N5O6/c1-29(2)14-38(15-29)27(44)23(40)19(12-17-10-11-35-24(17)41)36-25(42)22-20-18(30(20,3)4)13-39(22)26(43)21(16-8-6-5-7-9-16)37-28(45)31(32,33)34/h16-22H,5-15H2,1-4H3,(H,35,41)(H,36,42)(H,37,45)/t17-,18-,19-,20-,21-,22-/m0/s1. The van der Waals surface area contributed by atoms with Crippen molar-refractivity contribution in [2.24, 2.45) is 34.5 Å². The molecule has 3 saturated heterocycles. The molecule has 250 valence electrons. The number of halogens is 3. The first-order chi connectivity index (χ1) is 20.9. The topological polar surface area (TPSA) is 145 Å². The summed E-state index contributed by atoms with van der Waals surface area (Å²) in [5.74, 6) is -7.08. The van der Waals surface area contributed by atoms with Crippen LogP contribution in [-0.2, 0) is 28.8 Å². The third-order valence-corrected chi connectivity index (χ3v) is 10.7. The second-order valence-electron chi connectivity index (χ2n) is 15.0. The Morgan fingerprint density at radius 1 is 0.978 bits per heavy atom. The summed E-state index contributed by atoms with van der Waals surface area (Å²) < 4.78 is 39.9. The number of carbonyl (C=O) groups is 6. The molecule has 2 saturated carbocycles. The molecule has 5 aliphatic rings. The monoisotopic (exact) mass is 639 g/mol. The van der Waals surface area contributed by atoms with E-state index in [0.717, 1.165) is 6.42 Å². The lowest BCUT2D eigenvalue weighted by Crippen LogP contribution is -2.62. The van der Waals surface area contributed by atoms with E-state index in [1.165, 1.54) is 9.80 Å². The van der Waals surface area contributed by atoms with Gasteiger partial charge in [-0.2, -0.15) is 13.2 Å². The Bertz CT molecular complexity index is 1250. The first kappa shape index (κ1) is 33.2. The van der Waals surface area contributed by atoms with Crippen molar-refractivity contribution < 1.29 is 41.9 Å². The number of rotatable bonds is 9. The van der Waals surface area contributed by atoms with Crippen molar-refractivity contribution in [2.45, 2.75) is 96.9 Å². The van der Waals surface area contributed by atoms with E-state index >= 15 is 0 Å². The number of likely N-dealkylation sites (tertiary alicyclic amines) is 2. The van der Waals surface area contributed by atoms with Crippen LogP contribution in [0.2, 0.25) is 0 Å². The molecule has 14 heteroatoms. The molecule has 5 fully saturated rings. The maximum atomic E-state index is 14.1. The maximum absolute atomic E-state index is 14.1. The average molecular weight is 640 g/mol. The number of hydrogen-bond donors (Lipinski definition) is 3. The second kappa shape index (κ2) is 11.9. The average Bonchev–Trinajstić information content (AvgIpc) is 3.30. The molecule has 11 nitrogen and oxygen atoms in total. The van der Waals surface area contributed by atoms with E-state index in [1.54, 1.807) is 0 Å². The first-order valence-corrected chi connectivity index (χ1v) is 16.0. The largest absolute Gasteiger partial charge is 0.471 e. The Hall–Kier alpha value is -3.19. The smallest absolute Gasteiger partial charge is 0.356 e. The molecule has 0 aromatic heterocycles. The van der Waals surface area contributed by atoms with Gasteiger partial charge >= 0.3 is 12.1 Å². The van der Waals surface area contributed by atoms with Crippen LogP contribution in [0.15, 0.2) is 0 Å². The number of nitrogens with zero attached hydrogens (tertiary/aromatic N) is 2. The summed E-state index contributed by atoms with van der Waals surface area (Å²) >= 11 is 0. The van der Waals surface area contributed by atoms with Gasteiger partial charge < -0.3 is 25.8 Å². The molecule has 3 heterocycles. The number of alkyl halides is 3. The molecular weight excluding hydrogens is 595 g/mol. The van der Waals surface area contributed by atoms with Gasteiger partial charge in [-0.1, -0.05) is 47.0 Å². The molecule has 45 heavy (non-hydrogen) atoms. The third-order valence-electron chi connectivity index (χ3n) is 10.7. The van der Waals surface area contributed by atoms with E-state index in [-0.39, 0.29) is 41.5 Å². The minimum Gasteiger partial charge on any atom is -0.356 e. The van der Waals surface area contributed by atoms with Gasteiger partial charge in [0.25, 0.3) is 5.91 Å². The zero-order valence-corrected chi connectivity index (χ0v) is 26.3. The lowest BCUT2D eigenvalue weighted by molar-refractivity contribution is -0.176. The molecule has 0 bridgehead atoms. The van der Waals surface area contributed by atoms with Crippen molar-refractivity contribution in [2.75, 3.05) is 26.2 Å². The van der Waals surface area contributed by atoms with Crippen LogP contribution in [0.3, 0.4) is 0 Å². The molecule has 6 atom stereocenters. The van der Waals surface area contributed by atoms with Gasteiger partial charge in [0, 0.05) is 32.1 Å². The predicted octanol–water partition coefficient (Wildman–Crippen LogP) is 1.55. The van der Waals surface area contributed by atoms with E-state index in [2.05, 4.69) is 10.6 Å². The summed E-state index contributed by atoms with van der Waals surface area (Å²) in [6.45, 7) is 9.06. The van der Waals surface area contributed by atoms with E-state index in [4.69, 9.17) is 0 Å². The van der Waals surface area contributed by atoms with Gasteiger partial charge in [0.1, 0.15) is 12.1 Å². The van der Waals surface area contributed by atoms with E-state index in [1.807, 2.05) is 33.0 Å². The van der Waals surface area contributed by atoms with Gasteiger partial charge in [0.15, 0.2) is 0 Å². The highest BCUT2D eigenvalue weighted by atomic mass is 19.4. The number of nitrogens with one attached hydrogen (secondary N) is 3. The van der Waals surface area contributed by atoms with Crippen LogP contribution in [-0.4, -0.2) is 95.6 Å². The van der Waals surface area contributed by atoms with Crippen LogP contribution in [0.4, 0.5) is 13.2 Å².